The van der Waals surface area contributed by atoms with Crippen LogP contribution in [0.2, 0.25) is 0 Å². The number of carboxylic acid groups (broad SMARTS) is 1. The van der Waals surface area contributed by atoms with Crippen LogP contribution in [-0.4, -0.2) is 52.8 Å². The van der Waals surface area contributed by atoms with E-state index >= 15 is 0 Å². The molecule has 0 radical (unpaired) electrons. The molecule has 1 aliphatic rings. The van der Waals surface area contributed by atoms with E-state index in [1.165, 1.54) is 0 Å². The summed E-state index contributed by atoms with van der Waals surface area (Å²) in [6.07, 6.45) is 0.500. The van der Waals surface area contributed by atoms with Gasteiger partial charge in [-0.3, -0.25) is 4.79 Å². The SMILES string of the molecule is CC1CN(C(=O)NC(C)(C)CCC(=O)O)CC(C)O1. The lowest BCUT2D eigenvalue weighted by atomic mass is 9.98. The zero-order valence-electron chi connectivity index (χ0n) is 12.1. The van der Waals surface area contributed by atoms with Crippen molar-refractivity contribution in [2.75, 3.05) is 13.1 Å². The predicted octanol–water partition coefficient (Wildman–Crippen LogP) is 1.45. The summed E-state index contributed by atoms with van der Waals surface area (Å²) in [4.78, 5) is 24.5. The van der Waals surface area contributed by atoms with E-state index in [2.05, 4.69) is 5.32 Å². The van der Waals surface area contributed by atoms with E-state index in [0.717, 1.165) is 0 Å². The number of hydrogen-bond acceptors (Lipinski definition) is 3. The number of urea groups is 1. The molecule has 2 N–H and O–H groups in total. The number of morpholine rings is 1. The molecule has 6 heteroatoms. The lowest BCUT2D eigenvalue weighted by molar-refractivity contribution is -0.137. The number of nitrogens with one attached hydrogen (secondary N) is 1. The van der Waals surface area contributed by atoms with Crippen molar-refractivity contribution in [1.29, 1.82) is 0 Å². The molecule has 1 aliphatic heterocycles. The van der Waals surface area contributed by atoms with Gasteiger partial charge >= 0.3 is 12.0 Å². The maximum atomic E-state index is 12.2. The molecule has 1 heterocycles. The highest BCUT2D eigenvalue weighted by Crippen LogP contribution is 2.15. The fourth-order valence-electron chi connectivity index (χ4n) is 2.19. The molecular formula is C13H24N2O4. The van der Waals surface area contributed by atoms with E-state index in [1.807, 2.05) is 27.7 Å². The smallest absolute Gasteiger partial charge is 0.317 e. The van der Waals surface area contributed by atoms with Crippen LogP contribution in [0.25, 0.3) is 0 Å². The normalized spacial score (nSPS) is 24.1. The van der Waals surface area contributed by atoms with E-state index in [-0.39, 0.29) is 24.7 Å². The van der Waals surface area contributed by atoms with Crippen LogP contribution in [-0.2, 0) is 9.53 Å². The Kier molecular flexibility index (Phi) is 5.17. The van der Waals surface area contributed by atoms with Gasteiger partial charge in [0.25, 0.3) is 0 Å². The van der Waals surface area contributed by atoms with Gasteiger partial charge < -0.3 is 20.1 Å². The Balaban J connectivity index is 2.51. The second-order valence-electron chi connectivity index (χ2n) is 5.87. The zero-order chi connectivity index (χ0) is 14.6. The predicted molar refractivity (Wildman–Crippen MR) is 71.1 cm³/mol. The van der Waals surface area contributed by atoms with Gasteiger partial charge in [-0.15, -0.1) is 0 Å². The monoisotopic (exact) mass is 272 g/mol. The Bertz CT molecular complexity index is 334. The molecule has 2 unspecified atom stereocenters. The topological polar surface area (TPSA) is 78.9 Å². The van der Waals surface area contributed by atoms with Crippen LogP contribution < -0.4 is 5.32 Å². The summed E-state index contributed by atoms with van der Waals surface area (Å²) in [5, 5.41) is 11.6. The van der Waals surface area contributed by atoms with E-state index < -0.39 is 11.5 Å². The Morgan fingerprint density at radius 2 is 1.84 bits per heavy atom. The van der Waals surface area contributed by atoms with Gasteiger partial charge in [-0.1, -0.05) is 0 Å². The molecule has 1 fully saturated rings. The Labute approximate surface area is 114 Å². The summed E-state index contributed by atoms with van der Waals surface area (Å²) in [7, 11) is 0. The molecule has 6 nitrogen and oxygen atoms in total. The average molecular weight is 272 g/mol. The molecule has 0 bridgehead atoms. The van der Waals surface area contributed by atoms with Gasteiger partial charge in [-0.2, -0.15) is 0 Å². The first kappa shape index (κ1) is 15.8. The summed E-state index contributed by atoms with van der Waals surface area (Å²) in [6, 6.07) is -0.155. The summed E-state index contributed by atoms with van der Waals surface area (Å²) in [6.45, 7) is 8.66. The van der Waals surface area contributed by atoms with Crippen molar-refractivity contribution in [3.05, 3.63) is 0 Å². The first-order valence-corrected chi connectivity index (χ1v) is 6.64. The number of nitrogens with zero attached hydrogens (tertiary/aromatic N) is 1. The van der Waals surface area contributed by atoms with E-state index in [4.69, 9.17) is 9.84 Å². The molecule has 0 aliphatic carbocycles. The van der Waals surface area contributed by atoms with E-state index in [0.29, 0.717) is 19.5 Å². The Morgan fingerprint density at radius 3 is 2.32 bits per heavy atom. The average Bonchev–Trinajstić information content (AvgIpc) is 2.24. The molecule has 0 aromatic rings. The lowest BCUT2D eigenvalue weighted by Crippen LogP contribution is -2.56. The minimum Gasteiger partial charge on any atom is -0.481 e. The zero-order valence-corrected chi connectivity index (χ0v) is 12.1. The quantitative estimate of drug-likeness (QED) is 0.812. The molecule has 2 amide bonds. The molecule has 1 saturated heterocycles. The van der Waals surface area contributed by atoms with Crippen molar-refractivity contribution in [3.8, 4) is 0 Å². The maximum absolute atomic E-state index is 12.2. The van der Waals surface area contributed by atoms with E-state index in [1.54, 1.807) is 4.90 Å². The fourth-order valence-corrected chi connectivity index (χ4v) is 2.19. The first-order valence-electron chi connectivity index (χ1n) is 6.64. The number of ether oxygens (including phenoxy) is 1. The molecule has 110 valence electrons. The van der Waals surface area contributed by atoms with Crippen LogP contribution in [0.4, 0.5) is 4.79 Å². The van der Waals surface area contributed by atoms with Crippen LogP contribution in [0.15, 0.2) is 0 Å². The van der Waals surface area contributed by atoms with Crippen molar-refractivity contribution >= 4 is 12.0 Å². The van der Waals surface area contributed by atoms with Gasteiger partial charge in [0.1, 0.15) is 0 Å². The third-order valence-corrected chi connectivity index (χ3v) is 3.12. The van der Waals surface area contributed by atoms with Crippen LogP contribution >= 0.6 is 0 Å². The Morgan fingerprint density at radius 1 is 1.32 bits per heavy atom. The van der Waals surface area contributed by atoms with Crippen molar-refractivity contribution in [2.24, 2.45) is 0 Å². The lowest BCUT2D eigenvalue weighted by Gasteiger charge is -2.37. The van der Waals surface area contributed by atoms with Crippen LogP contribution in [0.5, 0.6) is 0 Å². The number of carboxylic acids is 1. The van der Waals surface area contributed by atoms with Crippen LogP contribution in [0, 0.1) is 0 Å². The van der Waals surface area contributed by atoms with Gasteiger partial charge in [0.05, 0.1) is 12.2 Å². The molecular weight excluding hydrogens is 248 g/mol. The largest absolute Gasteiger partial charge is 0.481 e. The van der Waals surface area contributed by atoms with Crippen molar-refractivity contribution < 1.29 is 19.4 Å². The number of amides is 2. The minimum atomic E-state index is -0.851. The van der Waals surface area contributed by atoms with Crippen molar-refractivity contribution in [3.63, 3.8) is 0 Å². The summed E-state index contributed by atoms with van der Waals surface area (Å²) >= 11 is 0. The van der Waals surface area contributed by atoms with Gasteiger partial charge in [0.2, 0.25) is 0 Å². The van der Waals surface area contributed by atoms with Crippen molar-refractivity contribution in [1.82, 2.24) is 10.2 Å². The number of rotatable bonds is 4. The number of hydrogen-bond donors (Lipinski definition) is 2. The highest BCUT2D eigenvalue weighted by Gasteiger charge is 2.29. The van der Waals surface area contributed by atoms with Gasteiger partial charge in [0, 0.05) is 25.0 Å². The first-order chi connectivity index (χ1) is 8.69. The molecule has 0 saturated carbocycles. The number of aliphatic carboxylic acids is 1. The number of carbonyl (C=O) groups is 2. The van der Waals surface area contributed by atoms with Crippen molar-refractivity contribution in [2.45, 2.75) is 58.3 Å². The number of carbonyl (C=O) groups excluding carboxylic acids is 1. The van der Waals surface area contributed by atoms with E-state index in [9.17, 15) is 9.59 Å². The third-order valence-electron chi connectivity index (χ3n) is 3.12. The van der Waals surface area contributed by atoms with Gasteiger partial charge in [-0.25, -0.2) is 4.79 Å². The minimum absolute atomic E-state index is 0.0247. The van der Waals surface area contributed by atoms with Crippen LogP contribution in [0.1, 0.15) is 40.5 Å². The van der Waals surface area contributed by atoms with Gasteiger partial charge in [0.15, 0.2) is 0 Å². The summed E-state index contributed by atoms with van der Waals surface area (Å²) in [5.41, 5.74) is -0.528. The second-order valence-corrected chi connectivity index (χ2v) is 5.87. The Hall–Kier alpha value is -1.30. The maximum Gasteiger partial charge on any atom is 0.317 e. The standard InChI is InChI=1S/C13H24N2O4/c1-9-7-15(8-10(2)19-9)12(18)14-13(3,4)6-5-11(16)17/h9-10H,5-8H2,1-4H3,(H,14,18)(H,16,17). The molecule has 19 heavy (non-hydrogen) atoms. The molecule has 0 spiro atoms. The van der Waals surface area contributed by atoms with Crippen LogP contribution in [0.3, 0.4) is 0 Å². The fraction of sp³-hybridized carbons (Fsp3) is 0.846. The molecule has 0 aromatic heterocycles. The molecule has 1 rings (SSSR count). The summed E-state index contributed by atoms with van der Waals surface area (Å²) < 4.78 is 5.58. The second kappa shape index (κ2) is 6.23. The third kappa shape index (κ3) is 5.46. The molecule has 0 aromatic carbocycles. The highest BCUT2D eigenvalue weighted by molar-refractivity contribution is 5.75. The van der Waals surface area contributed by atoms with Gasteiger partial charge in [-0.05, 0) is 34.1 Å². The highest BCUT2D eigenvalue weighted by atomic mass is 16.5. The molecule has 2 atom stereocenters. The summed E-state index contributed by atoms with van der Waals surface area (Å²) in [5.74, 6) is -0.851.